The molecule has 0 aliphatic carbocycles. The van der Waals surface area contributed by atoms with Crippen LogP contribution in [0.2, 0.25) is 0 Å². The summed E-state index contributed by atoms with van der Waals surface area (Å²) in [4.78, 5) is 20.4. The van der Waals surface area contributed by atoms with Gasteiger partial charge in [0.15, 0.2) is 0 Å². The van der Waals surface area contributed by atoms with Crippen LogP contribution in [0.25, 0.3) is 0 Å². The molecule has 3 aliphatic rings. The number of piperidine rings is 1. The van der Waals surface area contributed by atoms with Crippen molar-refractivity contribution in [2.75, 3.05) is 26.2 Å². The van der Waals surface area contributed by atoms with E-state index in [-0.39, 0.29) is 18.1 Å². The molecule has 0 unspecified atom stereocenters. The minimum atomic E-state index is -0.330. The first-order valence-electron chi connectivity index (χ1n) is 9.06. The summed E-state index contributed by atoms with van der Waals surface area (Å²) in [5, 5.41) is 1.52. The average molecular weight is 334 g/mol. The fraction of sp³-hybridized carbons (Fsp3) is 0.722. The number of carbonyl (C=O) groups excluding carboxylic acids is 1. The second-order valence-electron chi connectivity index (χ2n) is 7.18. The molecule has 0 spiro atoms. The molecule has 1 aromatic heterocycles. The lowest BCUT2D eigenvalue weighted by Gasteiger charge is -2.33. The number of nitrogens with zero attached hydrogens (tertiary/aromatic N) is 2. The largest absolute Gasteiger partial charge is 0.465 e. The summed E-state index contributed by atoms with van der Waals surface area (Å²) in [5.74, 6) is 2.44. The molecule has 4 heterocycles. The van der Waals surface area contributed by atoms with Crippen LogP contribution in [0.3, 0.4) is 0 Å². The molecule has 0 bridgehead atoms. The van der Waals surface area contributed by atoms with Crippen molar-refractivity contribution in [3.05, 3.63) is 23.7 Å². The number of fused-ring (bicyclic) bond motifs is 1. The Morgan fingerprint density at radius 1 is 1.29 bits per heavy atom. The van der Waals surface area contributed by atoms with Gasteiger partial charge in [-0.15, -0.1) is 0 Å². The van der Waals surface area contributed by atoms with Gasteiger partial charge in [-0.25, -0.2) is 5.06 Å². The van der Waals surface area contributed by atoms with Gasteiger partial charge in [-0.3, -0.25) is 14.5 Å². The van der Waals surface area contributed by atoms with Gasteiger partial charge in [0, 0.05) is 13.1 Å². The van der Waals surface area contributed by atoms with Gasteiger partial charge >= 0.3 is 0 Å². The van der Waals surface area contributed by atoms with Crippen molar-refractivity contribution in [2.45, 2.75) is 51.4 Å². The number of amides is 1. The summed E-state index contributed by atoms with van der Waals surface area (Å²) in [6, 6.07) is 4.04. The maximum absolute atomic E-state index is 12.6. The van der Waals surface area contributed by atoms with Crippen LogP contribution < -0.4 is 0 Å². The number of rotatable bonds is 3. The monoisotopic (exact) mass is 334 g/mol. The number of hydroxylamine groups is 2. The van der Waals surface area contributed by atoms with E-state index in [0.29, 0.717) is 19.1 Å². The summed E-state index contributed by atoms with van der Waals surface area (Å²) in [7, 11) is 0. The molecule has 0 saturated carbocycles. The SMILES string of the molecule is Cc1ccc(CN2CC[C@@H]3C[C@@H](C(=O)N4CCCCO4)O[C@H]3C2)o1. The zero-order valence-electron chi connectivity index (χ0n) is 14.3. The first kappa shape index (κ1) is 16.1. The van der Waals surface area contributed by atoms with Crippen LogP contribution >= 0.6 is 0 Å². The smallest absolute Gasteiger partial charge is 0.275 e. The Kier molecular flexibility index (Phi) is 4.61. The second kappa shape index (κ2) is 6.86. The third kappa shape index (κ3) is 3.36. The minimum absolute atomic E-state index is 0.0114. The fourth-order valence-corrected chi connectivity index (χ4v) is 4.02. The molecule has 1 aromatic rings. The Hall–Kier alpha value is -1.37. The number of ether oxygens (including phenoxy) is 1. The Balaban J connectivity index is 1.32. The third-order valence-electron chi connectivity index (χ3n) is 5.34. The Morgan fingerprint density at radius 3 is 2.96 bits per heavy atom. The standard InChI is InChI=1S/C18H26N2O4/c1-13-4-5-15(23-13)11-19-8-6-14-10-16(24-17(14)12-19)18(21)20-7-2-3-9-22-20/h4-5,14,16-17H,2-3,6-12H2,1H3/t14-,16+,17+/m1/s1. The van der Waals surface area contributed by atoms with Crippen LogP contribution in [0.15, 0.2) is 16.5 Å². The van der Waals surface area contributed by atoms with Crippen molar-refractivity contribution >= 4 is 5.91 Å². The number of aryl methyl sites for hydroxylation is 1. The molecule has 3 aliphatic heterocycles. The van der Waals surface area contributed by atoms with E-state index < -0.39 is 0 Å². The molecule has 0 radical (unpaired) electrons. The molecular weight excluding hydrogens is 308 g/mol. The van der Waals surface area contributed by atoms with E-state index in [1.165, 1.54) is 5.06 Å². The van der Waals surface area contributed by atoms with Crippen LogP contribution in [0.4, 0.5) is 0 Å². The van der Waals surface area contributed by atoms with Crippen molar-refractivity contribution in [1.29, 1.82) is 0 Å². The zero-order valence-corrected chi connectivity index (χ0v) is 14.3. The van der Waals surface area contributed by atoms with Gasteiger partial charge in [0.05, 0.1) is 19.3 Å². The third-order valence-corrected chi connectivity index (χ3v) is 5.34. The molecule has 0 N–H and O–H groups in total. The van der Waals surface area contributed by atoms with E-state index >= 15 is 0 Å². The van der Waals surface area contributed by atoms with Gasteiger partial charge in [-0.1, -0.05) is 0 Å². The summed E-state index contributed by atoms with van der Waals surface area (Å²) < 4.78 is 11.8. The summed E-state index contributed by atoms with van der Waals surface area (Å²) in [6.07, 6.45) is 3.77. The molecule has 3 fully saturated rings. The topological polar surface area (TPSA) is 55.2 Å². The summed E-state index contributed by atoms with van der Waals surface area (Å²) >= 11 is 0. The lowest BCUT2D eigenvalue weighted by Crippen LogP contribution is -2.43. The van der Waals surface area contributed by atoms with E-state index in [1.54, 1.807) is 0 Å². The highest BCUT2D eigenvalue weighted by Gasteiger charge is 2.43. The van der Waals surface area contributed by atoms with Gasteiger partial charge in [-0.2, -0.15) is 0 Å². The first-order chi connectivity index (χ1) is 11.7. The predicted molar refractivity (Wildman–Crippen MR) is 87.0 cm³/mol. The van der Waals surface area contributed by atoms with Crippen molar-refractivity contribution in [1.82, 2.24) is 9.96 Å². The highest BCUT2D eigenvalue weighted by molar-refractivity contribution is 5.80. The number of hydrogen-bond donors (Lipinski definition) is 0. The maximum atomic E-state index is 12.6. The van der Waals surface area contributed by atoms with E-state index in [4.69, 9.17) is 14.0 Å². The molecule has 132 valence electrons. The van der Waals surface area contributed by atoms with E-state index in [2.05, 4.69) is 4.90 Å². The van der Waals surface area contributed by atoms with Gasteiger partial charge in [0.1, 0.15) is 17.6 Å². The lowest BCUT2D eigenvalue weighted by molar-refractivity contribution is -0.206. The van der Waals surface area contributed by atoms with Crippen molar-refractivity contribution in [3.63, 3.8) is 0 Å². The number of furan rings is 1. The molecular formula is C18H26N2O4. The van der Waals surface area contributed by atoms with Gasteiger partial charge < -0.3 is 9.15 Å². The highest BCUT2D eigenvalue weighted by Crippen LogP contribution is 2.34. The molecule has 1 amide bonds. The summed E-state index contributed by atoms with van der Waals surface area (Å²) in [5.41, 5.74) is 0. The predicted octanol–water partition coefficient (Wildman–Crippen LogP) is 2.12. The van der Waals surface area contributed by atoms with Crippen molar-refractivity contribution < 1.29 is 18.8 Å². The van der Waals surface area contributed by atoms with Crippen LogP contribution in [0.5, 0.6) is 0 Å². The molecule has 6 heteroatoms. The Morgan fingerprint density at radius 2 is 2.21 bits per heavy atom. The minimum Gasteiger partial charge on any atom is -0.465 e. The van der Waals surface area contributed by atoms with Crippen LogP contribution in [0.1, 0.15) is 37.2 Å². The van der Waals surface area contributed by atoms with Crippen molar-refractivity contribution in [3.8, 4) is 0 Å². The molecule has 3 atom stereocenters. The number of carbonyl (C=O) groups is 1. The van der Waals surface area contributed by atoms with Gasteiger partial charge in [0.2, 0.25) is 0 Å². The van der Waals surface area contributed by atoms with Gasteiger partial charge in [0.25, 0.3) is 5.91 Å². The van der Waals surface area contributed by atoms with Gasteiger partial charge in [-0.05, 0) is 57.2 Å². The fourth-order valence-electron chi connectivity index (χ4n) is 4.02. The molecule has 6 nitrogen and oxygen atoms in total. The Labute approximate surface area is 142 Å². The normalized spacial score (nSPS) is 31.2. The van der Waals surface area contributed by atoms with E-state index in [1.807, 2.05) is 19.1 Å². The highest BCUT2D eigenvalue weighted by atomic mass is 16.7. The molecule has 24 heavy (non-hydrogen) atoms. The first-order valence-corrected chi connectivity index (χ1v) is 9.06. The van der Waals surface area contributed by atoms with E-state index in [9.17, 15) is 4.79 Å². The number of likely N-dealkylation sites (tertiary alicyclic amines) is 1. The zero-order chi connectivity index (χ0) is 16.5. The Bertz CT molecular complexity index is 581. The van der Waals surface area contributed by atoms with Crippen LogP contribution in [0, 0.1) is 12.8 Å². The van der Waals surface area contributed by atoms with E-state index in [0.717, 1.165) is 56.8 Å². The van der Waals surface area contributed by atoms with Crippen LogP contribution in [-0.2, 0) is 20.9 Å². The molecule has 3 saturated heterocycles. The lowest BCUT2D eigenvalue weighted by atomic mass is 9.91. The van der Waals surface area contributed by atoms with Crippen molar-refractivity contribution in [2.24, 2.45) is 5.92 Å². The quantitative estimate of drug-likeness (QED) is 0.847. The second-order valence-corrected chi connectivity index (χ2v) is 7.18. The average Bonchev–Trinajstić information content (AvgIpc) is 3.20. The van der Waals surface area contributed by atoms with Crippen LogP contribution in [-0.4, -0.2) is 54.3 Å². The molecule has 4 rings (SSSR count). The molecule has 0 aromatic carbocycles. The summed E-state index contributed by atoms with van der Waals surface area (Å²) in [6.45, 7) is 6.02. The number of hydrogen-bond acceptors (Lipinski definition) is 5. The maximum Gasteiger partial charge on any atom is 0.275 e.